The van der Waals surface area contributed by atoms with Gasteiger partial charge in [-0.25, -0.2) is 13.8 Å². The fourth-order valence-electron chi connectivity index (χ4n) is 6.48. The number of nitrogens with zero attached hydrogens (tertiary/aromatic N) is 4. The number of hydrogen-bond donors (Lipinski definition) is 0. The zero-order valence-electron chi connectivity index (χ0n) is 19.7. The minimum absolute atomic E-state index is 0.103. The fourth-order valence-corrected chi connectivity index (χ4v) is 6.48. The lowest BCUT2D eigenvalue weighted by molar-refractivity contribution is 0.0298. The molecule has 8 heteroatoms. The zero-order valence-corrected chi connectivity index (χ0v) is 19.7. The van der Waals surface area contributed by atoms with E-state index in [-0.39, 0.29) is 28.5 Å². The summed E-state index contributed by atoms with van der Waals surface area (Å²) in [4.78, 5) is 19.8. The first kappa shape index (κ1) is 22.2. The summed E-state index contributed by atoms with van der Waals surface area (Å²) in [6.45, 7) is 6.53. The Morgan fingerprint density at radius 1 is 1.06 bits per heavy atom. The maximum absolute atomic E-state index is 14.5. The molecular formula is C27H26F2N4O2. The van der Waals surface area contributed by atoms with Crippen molar-refractivity contribution in [1.29, 1.82) is 0 Å². The minimum Gasteiger partial charge on any atom is -0.378 e. The summed E-state index contributed by atoms with van der Waals surface area (Å²) in [5.41, 5.74) is 2.20. The average molecular weight is 477 g/mol. The molecule has 2 bridgehead atoms. The van der Waals surface area contributed by atoms with E-state index in [0.717, 1.165) is 29.8 Å². The first-order valence-corrected chi connectivity index (χ1v) is 12.0. The van der Waals surface area contributed by atoms with Crippen molar-refractivity contribution in [3.8, 4) is 11.3 Å². The van der Waals surface area contributed by atoms with Crippen LogP contribution in [0.5, 0.6) is 0 Å². The quantitative estimate of drug-likeness (QED) is 0.557. The van der Waals surface area contributed by atoms with Gasteiger partial charge in [-0.15, -0.1) is 5.10 Å². The molecule has 3 heterocycles. The number of carbonyl (C=O) groups is 1. The average Bonchev–Trinajstić information content (AvgIpc) is 3.25. The first-order chi connectivity index (χ1) is 16.8. The van der Waals surface area contributed by atoms with Crippen LogP contribution >= 0.6 is 0 Å². The van der Waals surface area contributed by atoms with Crippen molar-refractivity contribution in [1.82, 2.24) is 20.1 Å². The van der Waals surface area contributed by atoms with Crippen molar-refractivity contribution >= 4 is 5.91 Å². The predicted molar refractivity (Wildman–Crippen MR) is 125 cm³/mol. The van der Waals surface area contributed by atoms with Crippen molar-refractivity contribution in [2.24, 2.45) is 5.41 Å². The highest BCUT2D eigenvalue weighted by Gasteiger charge is 2.65. The van der Waals surface area contributed by atoms with E-state index in [1.165, 1.54) is 18.2 Å². The Hall–Kier alpha value is -3.26. The Balaban J connectivity index is 1.45. The third-order valence-corrected chi connectivity index (χ3v) is 8.30. The molecule has 2 fully saturated rings. The number of halogens is 2. The Morgan fingerprint density at radius 3 is 2.51 bits per heavy atom. The molecule has 1 aliphatic heterocycles. The first-order valence-electron chi connectivity index (χ1n) is 12.0. The standard InChI is InChI=1S/C27H26F2N4O2/c1-26(2)17-9-10-27(26,22-8-4-7-20(30-22)25(34)33-11-13-35-14-12-33)24-16(17)15-21(31-32-24)23-18(28)5-3-6-19(23)29/h3-8,15,17H,9-14H2,1-2H3/t17-,27-/m0/s1. The monoisotopic (exact) mass is 476 g/mol. The van der Waals surface area contributed by atoms with Crippen LogP contribution < -0.4 is 0 Å². The van der Waals surface area contributed by atoms with Crippen LogP contribution in [0.15, 0.2) is 42.5 Å². The van der Waals surface area contributed by atoms with Crippen LogP contribution in [-0.2, 0) is 10.2 Å². The van der Waals surface area contributed by atoms with Gasteiger partial charge in [0, 0.05) is 13.1 Å². The van der Waals surface area contributed by atoms with Crippen LogP contribution in [-0.4, -0.2) is 52.3 Å². The highest BCUT2D eigenvalue weighted by molar-refractivity contribution is 5.92. The molecule has 0 radical (unpaired) electrons. The van der Waals surface area contributed by atoms with Crippen LogP contribution in [0.3, 0.4) is 0 Å². The Morgan fingerprint density at radius 2 is 1.77 bits per heavy atom. The second-order valence-corrected chi connectivity index (χ2v) is 10.2. The SMILES string of the molecule is CC1(C)[C@H]2CC[C@]1(c1cccc(C(=O)N3CCOCC3)n1)c1nnc(-c3c(F)cccc3F)cc12. The smallest absolute Gasteiger partial charge is 0.272 e. The molecule has 35 heavy (non-hydrogen) atoms. The van der Waals surface area contributed by atoms with Gasteiger partial charge >= 0.3 is 0 Å². The summed E-state index contributed by atoms with van der Waals surface area (Å²) >= 11 is 0. The number of carbonyl (C=O) groups excluding carboxylic acids is 1. The van der Waals surface area contributed by atoms with Gasteiger partial charge in [0.2, 0.25) is 0 Å². The number of fused-ring (bicyclic) bond motifs is 5. The van der Waals surface area contributed by atoms with Crippen molar-refractivity contribution < 1.29 is 18.3 Å². The third-order valence-electron chi connectivity index (χ3n) is 8.30. The number of amides is 1. The summed E-state index contributed by atoms with van der Waals surface area (Å²) in [5.74, 6) is -1.28. The second kappa shape index (κ2) is 7.88. The molecule has 0 unspecified atom stereocenters. The molecule has 2 aliphatic carbocycles. The molecule has 6 rings (SSSR count). The van der Waals surface area contributed by atoms with Gasteiger partial charge in [-0.05, 0) is 60.1 Å². The molecule has 2 aromatic heterocycles. The lowest BCUT2D eigenvalue weighted by Crippen LogP contribution is -2.42. The van der Waals surface area contributed by atoms with Gasteiger partial charge in [-0.2, -0.15) is 5.10 Å². The molecule has 2 atom stereocenters. The zero-order chi connectivity index (χ0) is 24.4. The Kier molecular flexibility index (Phi) is 5.00. The van der Waals surface area contributed by atoms with Crippen LogP contribution in [0.4, 0.5) is 8.78 Å². The van der Waals surface area contributed by atoms with Crippen molar-refractivity contribution in [3.63, 3.8) is 0 Å². The number of aromatic nitrogens is 3. The largest absolute Gasteiger partial charge is 0.378 e. The molecule has 1 aromatic carbocycles. The predicted octanol–water partition coefficient (Wildman–Crippen LogP) is 4.49. The number of pyridine rings is 1. The van der Waals surface area contributed by atoms with Crippen molar-refractivity contribution in [2.75, 3.05) is 26.3 Å². The molecule has 1 saturated heterocycles. The van der Waals surface area contributed by atoms with E-state index in [1.54, 1.807) is 17.0 Å². The number of benzene rings is 1. The number of hydrogen-bond acceptors (Lipinski definition) is 5. The summed E-state index contributed by atoms with van der Waals surface area (Å²) in [5, 5.41) is 8.86. The van der Waals surface area contributed by atoms with Crippen LogP contribution in [0.1, 0.15) is 60.0 Å². The topological polar surface area (TPSA) is 68.2 Å². The summed E-state index contributed by atoms with van der Waals surface area (Å²) < 4.78 is 34.3. The van der Waals surface area contributed by atoms with Gasteiger partial charge in [0.15, 0.2) is 0 Å². The summed E-state index contributed by atoms with van der Waals surface area (Å²) in [6, 6.07) is 11.2. The molecule has 180 valence electrons. The van der Waals surface area contributed by atoms with Gasteiger partial charge in [0.25, 0.3) is 5.91 Å². The fraction of sp³-hybridized carbons (Fsp3) is 0.407. The third kappa shape index (κ3) is 3.08. The van der Waals surface area contributed by atoms with Crippen molar-refractivity contribution in [2.45, 2.75) is 38.0 Å². The van der Waals surface area contributed by atoms with Crippen LogP contribution in [0.25, 0.3) is 11.3 Å². The lowest BCUT2D eigenvalue weighted by Gasteiger charge is -2.37. The molecule has 3 aromatic rings. The summed E-state index contributed by atoms with van der Waals surface area (Å²) in [7, 11) is 0. The molecule has 6 nitrogen and oxygen atoms in total. The molecule has 1 saturated carbocycles. The molecule has 0 spiro atoms. The molecule has 1 amide bonds. The van der Waals surface area contributed by atoms with E-state index >= 15 is 0 Å². The molecular weight excluding hydrogens is 450 g/mol. The summed E-state index contributed by atoms with van der Waals surface area (Å²) in [6.07, 6.45) is 1.72. The maximum atomic E-state index is 14.5. The second-order valence-electron chi connectivity index (χ2n) is 10.2. The van der Waals surface area contributed by atoms with Gasteiger partial charge in [-0.1, -0.05) is 26.0 Å². The van der Waals surface area contributed by atoms with E-state index in [9.17, 15) is 13.6 Å². The number of morpholine rings is 1. The van der Waals surface area contributed by atoms with E-state index in [4.69, 9.17) is 9.72 Å². The van der Waals surface area contributed by atoms with Gasteiger partial charge in [0.05, 0.1) is 41.3 Å². The van der Waals surface area contributed by atoms with E-state index in [0.29, 0.717) is 32.0 Å². The highest BCUT2D eigenvalue weighted by atomic mass is 19.1. The highest BCUT2D eigenvalue weighted by Crippen LogP contribution is 2.69. The van der Waals surface area contributed by atoms with E-state index in [2.05, 4.69) is 24.0 Å². The van der Waals surface area contributed by atoms with Gasteiger partial charge in [0.1, 0.15) is 17.3 Å². The van der Waals surface area contributed by atoms with Gasteiger partial charge in [-0.3, -0.25) is 4.79 Å². The maximum Gasteiger partial charge on any atom is 0.272 e. The van der Waals surface area contributed by atoms with E-state index < -0.39 is 17.0 Å². The normalized spacial score (nSPS) is 24.5. The van der Waals surface area contributed by atoms with Gasteiger partial charge < -0.3 is 9.64 Å². The van der Waals surface area contributed by atoms with Crippen LogP contribution in [0, 0.1) is 17.0 Å². The number of rotatable bonds is 3. The van der Waals surface area contributed by atoms with E-state index in [1.807, 2.05) is 12.1 Å². The lowest BCUT2D eigenvalue weighted by atomic mass is 9.66. The number of ether oxygens (including phenoxy) is 1. The van der Waals surface area contributed by atoms with Crippen LogP contribution in [0.2, 0.25) is 0 Å². The molecule has 0 N–H and O–H groups in total. The molecule has 3 aliphatic rings. The Labute approximate surface area is 202 Å². The Bertz CT molecular complexity index is 1320. The minimum atomic E-state index is -0.660. The van der Waals surface area contributed by atoms with Crippen molar-refractivity contribution in [3.05, 3.63) is 76.7 Å².